The Morgan fingerprint density at radius 2 is 2.04 bits per heavy atom. The van der Waals surface area contributed by atoms with E-state index >= 15 is 0 Å². The molecule has 5 nitrogen and oxygen atoms in total. The Hall–Kier alpha value is -1.76. The molecule has 1 aliphatic rings. The molecule has 1 aliphatic carbocycles. The lowest BCUT2D eigenvalue weighted by Crippen LogP contribution is -2.41. The van der Waals surface area contributed by atoms with Gasteiger partial charge in [0.15, 0.2) is 0 Å². The van der Waals surface area contributed by atoms with E-state index in [1.807, 2.05) is 43.3 Å². The molecule has 2 unspecified atom stereocenters. The predicted octanol–water partition coefficient (Wildman–Crippen LogP) is 2.51. The molecule has 0 saturated heterocycles. The second kappa shape index (κ2) is 7.01. The van der Waals surface area contributed by atoms with Gasteiger partial charge in [-0.05, 0) is 42.5 Å². The number of nitrogens with one attached hydrogen (secondary N) is 1. The molecule has 0 bridgehead atoms. The first kappa shape index (κ1) is 17.1. The van der Waals surface area contributed by atoms with E-state index < -0.39 is 21.4 Å². The predicted molar refractivity (Wildman–Crippen MR) is 93.0 cm³/mol. The van der Waals surface area contributed by atoms with Crippen LogP contribution in [0.5, 0.6) is 0 Å². The fourth-order valence-electron chi connectivity index (χ4n) is 3.26. The maximum atomic E-state index is 12.8. The van der Waals surface area contributed by atoms with Crippen LogP contribution in [0.3, 0.4) is 0 Å². The van der Waals surface area contributed by atoms with Gasteiger partial charge in [-0.1, -0.05) is 30.3 Å². The zero-order valence-corrected chi connectivity index (χ0v) is 14.7. The standard InChI is InChI=1S/C18H22N2O3S/c1-13-6-5-11-19-16(13)12-20-24(21,22)17-10-9-14-7-3-4-8-15(14)18(17)23-2/h3-8,11,17-18,20H,9-10,12H2,1-2H3. The Morgan fingerprint density at radius 1 is 1.25 bits per heavy atom. The van der Waals surface area contributed by atoms with Gasteiger partial charge in [0.1, 0.15) is 11.4 Å². The monoisotopic (exact) mass is 346 g/mol. The number of rotatable bonds is 5. The minimum atomic E-state index is -3.52. The Labute approximate surface area is 143 Å². The number of aromatic nitrogens is 1. The zero-order valence-electron chi connectivity index (χ0n) is 13.9. The average molecular weight is 346 g/mol. The van der Waals surface area contributed by atoms with Crippen molar-refractivity contribution in [3.63, 3.8) is 0 Å². The van der Waals surface area contributed by atoms with Crippen molar-refractivity contribution in [1.82, 2.24) is 9.71 Å². The van der Waals surface area contributed by atoms with E-state index in [9.17, 15) is 8.42 Å². The second-order valence-corrected chi connectivity index (χ2v) is 8.05. The molecule has 1 N–H and O–H groups in total. The van der Waals surface area contributed by atoms with Crippen LogP contribution in [0.25, 0.3) is 0 Å². The first-order chi connectivity index (χ1) is 11.5. The van der Waals surface area contributed by atoms with Crippen molar-refractivity contribution in [2.24, 2.45) is 0 Å². The third-order valence-electron chi connectivity index (χ3n) is 4.61. The van der Waals surface area contributed by atoms with Crippen LogP contribution in [0.4, 0.5) is 0 Å². The lowest BCUT2D eigenvalue weighted by molar-refractivity contribution is 0.0904. The highest BCUT2D eigenvalue weighted by Crippen LogP contribution is 2.35. The molecule has 128 valence electrons. The van der Waals surface area contributed by atoms with Crippen LogP contribution in [0, 0.1) is 6.92 Å². The molecule has 2 atom stereocenters. The van der Waals surface area contributed by atoms with Gasteiger partial charge >= 0.3 is 0 Å². The number of benzene rings is 1. The van der Waals surface area contributed by atoms with E-state index in [1.54, 1.807) is 13.3 Å². The van der Waals surface area contributed by atoms with Gasteiger partial charge < -0.3 is 4.74 Å². The summed E-state index contributed by atoms with van der Waals surface area (Å²) in [4.78, 5) is 4.24. The third kappa shape index (κ3) is 3.36. The molecule has 0 spiro atoms. The zero-order chi connectivity index (χ0) is 17.2. The maximum absolute atomic E-state index is 12.8. The lowest BCUT2D eigenvalue weighted by Gasteiger charge is -2.32. The third-order valence-corrected chi connectivity index (χ3v) is 6.44. The van der Waals surface area contributed by atoms with Crippen molar-refractivity contribution in [2.45, 2.75) is 37.7 Å². The average Bonchev–Trinajstić information content (AvgIpc) is 2.60. The van der Waals surface area contributed by atoms with Crippen LogP contribution < -0.4 is 4.72 Å². The van der Waals surface area contributed by atoms with E-state index in [0.29, 0.717) is 6.42 Å². The molecule has 0 radical (unpaired) electrons. The molecule has 3 rings (SSSR count). The van der Waals surface area contributed by atoms with Gasteiger partial charge in [0, 0.05) is 13.3 Å². The summed E-state index contributed by atoms with van der Waals surface area (Å²) in [6, 6.07) is 11.6. The molecule has 6 heteroatoms. The minimum Gasteiger partial charge on any atom is -0.375 e. The number of methoxy groups -OCH3 is 1. The fourth-order valence-corrected chi connectivity index (χ4v) is 4.83. The normalized spacial score (nSPS) is 20.6. The maximum Gasteiger partial charge on any atom is 0.217 e. The minimum absolute atomic E-state index is 0.198. The van der Waals surface area contributed by atoms with Gasteiger partial charge in [0.05, 0.1) is 12.2 Å². The topological polar surface area (TPSA) is 68.3 Å². The molecule has 0 aliphatic heterocycles. The Balaban J connectivity index is 1.81. The van der Waals surface area contributed by atoms with Crippen molar-refractivity contribution in [1.29, 1.82) is 0 Å². The van der Waals surface area contributed by atoms with Gasteiger partial charge in [-0.25, -0.2) is 13.1 Å². The molecule has 24 heavy (non-hydrogen) atoms. The summed E-state index contributed by atoms with van der Waals surface area (Å²) in [5, 5.41) is -0.596. The highest BCUT2D eigenvalue weighted by atomic mass is 32.2. The molecule has 2 aromatic rings. The van der Waals surface area contributed by atoms with E-state index in [4.69, 9.17) is 4.74 Å². The molecular formula is C18H22N2O3S. The Morgan fingerprint density at radius 3 is 2.79 bits per heavy atom. The van der Waals surface area contributed by atoms with Crippen LogP contribution in [0.1, 0.15) is 34.9 Å². The van der Waals surface area contributed by atoms with Crippen LogP contribution in [0.15, 0.2) is 42.6 Å². The van der Waals surface area contributed by atoms with E-state index in [-0.39, 0.29) is 6.54 Å². The molecular weight excluding hydrogens is 324 g/mol. The molecule has 0 saturated carbocycles. The van der Waals surface area contributed by atoms with Crippen LogP contribution >= 0.6 is 0 Å². The van der Waals surface area contributed by atoms with Crippen molar-refractivity contribution in [3.05, 3.63) is 65.0 Å². The Kier molecular flexibility index (Phi) is 4.99. The molecule has 1 aromatic carbocycles. The van der Waals surface area contributed by atoms with E-state index in [1.165, 1.54) is 0 Å². The summed E-state index contributed by atoms with van der Waals surface area (Å²) in [7, 11) is -1.95. The van der Waals surface area contributed by atoms with Gasteiger partial charge in [-0.2, -0.15) is 0 Å². The number of ether oxygens (including phenoxy) is 1. The summed E-state index contributed by atoms with van der Waals surface area (Å²) in [5.41, 5.74) is 3.84. The number of hydrogen-bond donors (Lipinski definition) is 1. The Bertz CT molecular complexity index is 821. The van der Waals surface area contributed by atoms with Crippen LogP contribution in [-0.4, -0.2) is 25.8 Å². The van der Waals surface area contributed by atoms with Gasteiger partial charge in [0.2, 0.25) is 10.0 Å². The largest absolute Gasteiger partial charge is 0.375 e. The van der Waals surface area contributed by atoms with E-state index in [2.05, 4.69) is 9.71 Å². The molecule has 0 amide bonds. The summed E-state index contributed by atoms with van der Waals surface area (Å²) in [6.07, 6.45) is 2.51. The highest BCUT2D eigenvalue weighted by Gasteiger charge is 2.38. The summed E-state index contributed by atoms with van der Waals surface area (Å²) in [6.45, 7) is 2.12. The van der Waals surface area contributed by atoms with Crippen molar-refractivity contribution >= 4 is 10.0 Å². The number of nitrogens with zero attached hydrogens (tertiary/aromatic N) is 1. The first-order valence-electron chi connectivity index (χ1n) is 8.02. The lowest BCUT2D eigenvalue weighted by atomic mass is 9.89. The van der Waals surface area contributed by atoms with Crippen LogP contribution in [-0.2, 0) is 27.7 Å². The summed E-state index contributed by atoms with van der Waals surface area (Å²) in [5.74, 6) is 0. The number of aryl methyl sites for hydroxylation is 2. The number of sulfonamides is 1. The number of fused-ring (bicyclic) bond motifs is 1. The van der Waals surface area contributed by atoms with E-state index in [0.717, 1.165) is 28.8 Å². The number of hydrogen-bond acceptors (Lipinski definition) is 4. The van der Waals surface area contributed by atoms with Gasteiger partial charge in [-0.15, -0.1) is 0 Å². The van der Waals surface area contributed by atoms with Gasteiger partial charge in [0.25, 0.3) is 0 Å². The highest BCUT2D eigenvalue weighted by molar-refractivity contribution is 7.90. The molecule has 0 fully saturated rings. The molecule has 1 heterocycles. The van der Waals surface area contributed by atoms with Gasteiger partial charge in [-0.3, -0.25) is 4.98 Å². The quantitative estimate of drug-likeness (QED) is 0.903. The van der Waals surface area contributed by atoms with Crippen LogP contribution in [0.2, 0.25) is 0 Å². The smallest absolute Gasteiger partial charge is 0.217 e. The fraction of sp³-hybridized carbons (Fsp3) is 0.389. The molecule has 1 aromatic heterocycles. The summed E-state index contributed by atoms with van der Waals surface area (Å²) < 4.78 is 33.9. The van der Waals surface area contributed by atoms with Crippen molar-refractivity contribution in [2.75, 3.05) is 7.11 Å². The SMILES string of the molecule is COC1c2ccccc2CCC1S(=O)(=O)NCc1ncccc1C. The second-order valence-electron chi connectivity index (χ2n) is 6.07. The number of pyridine rings is 1. The van der Waals surface area contributed by atoms with Crippen molar-refractivity contribution in [3.8, 4) is 0 Å². The van der Waals surface area contributed by atoms with Crippen molar-refractivity contribution < 1.29 is 13.2 Å². The first-order valence-corrected chi connectivity index (χ1v) is 9.57. The summed E-state index contributed by atoms with van der Waals surface area (Å²) >= 11 is 0.